The first-order valence-electron chi connectivity index (χ1n) is 4.21. The molecule has 13 heavy (non-hydrogen) atoms. The van der Waals surface area contributed by atoms with Crippen LogP contribution < -0.4 is 4.74 Å². The first-order chi connectivity index (χ1) is 6.33. The van der Waals surface area contributed by atoms with Crippen molar-refractivity contribution in [1.29, 1.82) is 0 Å². The van der Waals surface area contributed by atoms with Gasteiger partial charge in [-0.1, -0.05) is 23.7 Å². The lowest BCUT2D eigenvalue weighted by Gasteiger charge is -2.06. The molecule has 0 spiro atoms. The standard InChI is InChI=1S/C10H9ClO2/c11-9-3-1-2-8(7-4-5-7)10(9)13-6-12/h1-3,6-7H,4-5H2. The number of hydrogen-bond acceptors (Lipinski definition) is 2. The molecular weight excluding hydrogens is 188 g/mol. The van der Waals surface area contributed by atoms with Crippen molar-refractivity contribution in [2.45, 2.75) is 18.8 Å². The molecule has 0 amide bonds. The molecular formula is C10H9ClO2. The van der Waals surface area contributed by atoms with Crippen molar-refractivity contribution in [3.63, 3.8) is 0 Å². The molecule has 68 valence electrons. The number of ether oxygens (including phenoxy) is 1. The van der Waals surface area contributed by atoms with Gasteiger partial charge in [0.15, 0.2) is 5.75 Å². The second kappa shape index (κ2) is 3.38. The van der Waals surface area contributed by atoms with Crippen LogP contribution in [0.5, 0.6) is 5.75 Å². The maximum absolute atomic E-state index is 10.2. The van der Waals surface area contributed by atoms with Gasteiger partial charge in [0.05, 0.1) is 5.02 Å². The number of carbonyl (C=O) groups is 1. The Morgan fingerprint density at radius 2 is 2.23 bits per heavy atom. The molecule has 1 aromatic rings. The minimum Gasteiger partial charge on any atom is -0.427 e. The SMILES string of the molecule is O=COc1c(Cl)cccc1C1CC1. The van der Waals surface area contributed by atoms with Crippen molar-refractivity contribution in [3.05, 3.63) is 28.8 Å². The summed E-state index contributed by atoms with van der Waals surface area (Å²) in [4.78, 5) is 10.2. The molecule has 0 aliphatic heterocycles. The lowest BCUT2D eigenvalue weighted by molar-refractivity contribution is -0.120. The van der Waals surface area contributed by atoms with Gasteiger partial charge < -0.3 is 4.74 Å². The zero-order valence-corrected chi connectivity index (χ0v) is 7.75. The second-order valence-corrected chi connectivity index (χ2v) is 3.55. The van der Waals surface area contributed by atoms with Crippen molar-refractivity contribution in [2.24, 2.45) is 0 Å². The van der Waals surface area contributed by atoms with Gasteiger partial charge in [-0.15, -0.1) is 0 Å². The largest absolute Gasteiger partial charge is 0.427 e. The predicted molar refractivity (Wildman–Crippen MR) is 50.1 cm³/mol. The van der Waals surface area contributed by atoms with Crippen molar-refractivity contribution in [1.82, 2.24) is 0 Å². The fraction of sp³-hybridized carbons (Fsp3) is 0.300. The van der Waals surface area contributed by atoms with Crippen LogP contribution in [-0.2, 0) is 4.79 Å². The van der Waals surface area contributed by atoms with Gasteiger partial charge in [-0.2, -0.15) is 0 Å². The summed E-state index contributed by atoms with van der Waals surface area (Å²) in [6.07, 6.45) is 2.32. The zero-order chi connectivity index (χ0) is 9.26. The summed E-state index contributed by atoms with van der Waals surface area (Å²) in [5.41, 5.74) is 1.06. The van der Waals surface area contributed by atoms with Gasteiger partial charge in [-0.25, -0.2) is 0 Å². The van der Waals surface area contributed by atoms with E-state index >= 15 is 0 Å². The van der Waals surface area contributed by atoms with Crippen LogP contribution in [-0.4, -0.2) is 6.47 Å². The monoisotopic (exact) mass is 196 g/mol. The van der Waals surface area contributed by atoms with Crippen LogP contribution in [0.1, 0.15) is 24.3 Å². The van der Waals surface area contributed by atoms with Crippen molar-refractivity contribution < 1.29 is 9.53 Å². The lowest BCUT2D eigenvalue weighted by atomic mass is 10.1. The molecule has 0 heterocycles. The molecule has 0 atom stereocenters. The van der Waals surface area contributed by atoms with Crippen LogP contribution in [0.4, 0.5) is 0 Å². The minimum atomic E-state index is 0.424. The number of benzene rings is 1. The molecule has 2 nitrogen and oxygen atoms in total. The van der Waals surface area contributed by atoms with E-state index < -0.39 is 0 Å². The van der Waals surface area contributed by atoms with E-state index in [0.717, 1.165) is 18.4 Å². The summed E-state index contributed by atoms with van der Waals surface area (Å²) in [6, 6.07) is 5.57. The predicted octanol–water partition coefficient (Wildman–Crippen LogP) is 2.75. The van der Waals surface area contributed by atoms with E-state index in [1.165, 1.54) is 0 Å². The normalized spacial score (nSPS) is 15.5. The van der Waals surface area contributed by atoms with Gasteiger partial charge in [-0.3, -0.25) is 4.79 Å². The fourth-order valence-electron chi connectivity index (χ4n) is 1.41. The van der Waals surface area contributed by atoms with Gasteiger partial charge in [0.25, 0.3) is 6.47 Å². The highest BCUT2D eigenvalue weighted by Gasteiger charge is 2.27. The number of rotatable bonds is 3. The third-order valence-corrected chi connectivity index (χ3v) is 2.48. The lowest BCUT2D eigenvalue weighted by Crippen LogP contribution is -1.94. The molecule has 0 aromatic heterocycles. The van der Waals surface area contributed by atoms with Crippen molar-refractivity contribution >= 4 is 18.1 Å². The van der Waals surface area contributed by atoms with Crippen molar-refractivity contribution in [3.8, 4) is 5.75 Å². The molecule has 1 aliphatic carbocycles. The van der Waals surface area contributed by atoms with E-state index in [0.29, 0.717) is 23.2 Å². The molecule has 3 heteroatoms. The van der Waals surface area contributed by atoms with E-state index in [4.69, 9.17) is 16.3 Å². The zero-order valence-electron chi connectivity index (χ0n) is 7.00. The molecule has 1 aliphatic rings. The average molecular weight is 197 g/mol. The second-order valence-electron chi connectivity index (χ2n) is 3.15. The van der Waals surface area contributed by atoms with Gasteiger partial charge in [0.1, 0.15) is 0 Å². The Morgan fingerprint density at radius 3 is 2.85 bits per heavy atom. The molecule has 2 rings (SSSR count). The van der Waals surface area contributed by atoms with Gasteiger partial charge in [-0.05, 0) is 30.4 Å². The number of para-hydroxylation sites is 1. The van der Waals surface area contributed by atoms with Crippen LogP contribution in [0, 0.1) is 0 Å². The first-order valence-corrected chi connectivity index (χ1v) is 4.59. The molecule has 0 bridgehead atoms. The van der Waals surface area contributed by atoms with Gasteiger partial charge >= 0.3 is 0 Å². The Balaban J connectivity index is 2.40. The number of hydrogen-bond donors (Lipinski definition) is 0. The third-order valence-electron chi connectivity index (χ3n) is 2.18. The van der Waals surface area contributed by atoms with Crippen LogP contribution in [0.2, 0.25) is 5.02 Å². The van der Waals surface area contributed by atoms with Crippen LogP contribution in [0.25, 0.3) is 0 Å². The maximum Gasteiger partial charge on any atom is 0.298 e. The number of halogens is 1. The summed E-state index contributed by atoms with van der Waals surface area (Å²) >= 11 is 5.90. The molecule has 0 unspecified atom stereocenters. The average Bonchev–Trinajstić information content (AvgIpc) is 2.92. The highest BCUT2D eigenvalue weighted by Crippen LogP contribution is 2.46. The molecule has 1 aromatic carbocycles. The smallest absolute Gasteiger partial charge is 0.298 e. The summed E-state index contributed by atoms with van der Waals surface area (Å²) in [5, 5.41) is 0.511. The Bertz CT molecular complexity index is 332. The summed E-state index contributed by atoms with van der Waals surface area (Å²) in [7, 11) is 0. The van der Waals surface area contributed by atoms with Crippen molar-refractivity contribution in [2.75, 3.05) is 0 Å². The van der Waals surface area contributed by atoms with E-state index in [-0.39, 0.29) is 0 Å². The topological polar surface area (TPSA) is 26.3 Å². The molecule has 1 saturated carbocycles. The summed E-state index contributed by atoms with van der Waals surface area (Å²) in [6.45, 7) is 0.424. The Morgan fingerprint density at radius 1 is 1.46 bits per heavy atom. The quantitative estimate of drug-likeness (QED) is 0.695. The van der Waals surface area contributed by atoms with E-state index in [1.807, 2.05) is 12.1 Å². The molecule has 1 fully saturated rings. The Labute approximate surface area is 81.5 Å². The van der Waals surface area contributed by atoms with Crippen LogP contribution in [0.3, 0.4) is 0 Å². The van der Waals surface area contributed by atoms with Gasteiger partial charge in [0, 0.05) is 0 Å². The van der Waals surface area contributed by atoms with Crippen LogP contribution >= 0.6 is 11.6 Å². The van der Waals surface area contributed by atoms with Gasteiger partial charge in [0.2, 0.25) is 0 Å². The number of carbonyl (C=O) groups excluding carboxylic acids is 1. The maximum atomic E-state index is 10.2. The van der Waals surface area contributed by atoms with E-state index in [9.17, 15) is 4.79 Å². The fourth-order valence-corrected chi connectivity index (χ4v) is 1.64. The molecule has 0 radical (unpaired) electrons. The highest BCUT2D eigenvalue weighted by molar-refractivity contribution is 6.32. The molecule has 0 saturated heterocycles. The minimum absolute atomic E-state index is 0.424. The van der Waals surface area contributed by atoms with E-state index in [1.54, 1.807) is 6.07 Å². The van der Waals surface area contributed by atoms with E-state index in [2.05, 4.69) is 0 Å². The Hall–Kier alpha value is -1.02. The summed E-state index contributed by atoms with van der Waals surface area (Å²) < 4.78 is 4.86. The molecule has 0 N–H and O–H groups in total. The summed E-state index contributed by atoms with van der Waals surface area (Å²) in [5.74, 6) is 1.07. The first kappa shape index (κ1) is 8.57. The highest BCUT2D eigenvalue weighted by atomic mass is 35.5. The Kier molecular flexibility index (Phi) is 2.23. The van der Waals surface area contributed by atoms with Crippen LogP contribution in [0.15, 0.2) is 18.2 Å². The third kappa shape index (κ3) is 1.68.